The lowest BCUT2D eigenvalue weighted by Gasteiger charge is -2.11. The summed E-state index contributed by atoms with van der Waals surface area (Å²) in [5.41, 5.74) is 12.6. The molecule has 0 unspecified atom stereocenters. The Morgan fingerprint density at radius 2 is 1.93 bits per heavy atom. The van der Waals surface area contributed by atoms with Gasteiger partial charge in [-0.3, -0.25) is 4.79 Å². The highest BCUT2D eigenvalue weighted by Gasteiger charge is 2.23. The molecule has 3 nitrogen and oxygen atoms in total. The zero-order chi connectivity index (χ0) is 20.7. The van der Waals surface area contributed by atoms with Crippen molar-refractivity contribution in [1.82, 2.24) is 4.57 Å². The number of benzene rings is 1. The molecule has 2 heterocycles. The molecule has 0 aliphatic carbocycles. The molecule has 0 atom stereocenters. The van der Waals surface area contributed by atoms with Crippen LogP contribution >= 0.6 is 0 Å². The molecule has 3 heteroatoms. The fourth-order valence-corrected chi connectivity index (χ4v) is 3.74. The number of carbonyl (C=O) groups excluding carboxylic acids is 1. The van der Waals surface area contributed by atoms with Gasteiger partial charge in [0.1, 0.15) is 0 Å². The maximum absolute atomic E-state index is 11.8. The predicted molar refractivity (Wildman–Crippen MR) is 122 cm³/mol. The molecular weight excluding hydrogens is 344 g/mol. The van der Waals surface area contributed by atoms with Gasteiger partial charge in [-0.1, -0.05) is 58.7 Å². The molecule has 1 aliphatic rings. The summed E-state index contributed by atoms with van der Waals surface area (Å²) in [6.45, 7) is 13.4. The molecule has 2 aromatic rings. The van der Waals surface area contributed by atoms with Crippen molar-refractivity contribution in [3.8, 4) is 0 Å². The van der Waals surface area contributed by atoms with Crippen LogP contribution in [0.15, 0.2) is 36.6 Å². The van der Waals surface area contributed by atoms with Gasteiger partial charge in [-0.15, -0.1) is 0 Å². The van der Waals surface area contributed by atoms with Gasteiger partial charge in [0.2, 0.25) is 0 Å². The number of unbranched alkanes of at least 4 members (excludes halogenated alkanes) is 2. The minimum atomic E-state index is 0.107. The molecule has 0 saturated carbocycles. The minimum absolute atomic E-state index is 0.107. The summed E-state index contributed by atoms with van der Waals surface area (Å²) in [5.74, 6) is 0.107. The van der Waals surface area contributed by atoms with Gasteiger partial charge in [-0.05, 0) is 49.8 Å². The Morgan fingerprint density at radius 1 is 1.21 bits per heavy atom. The second kappa shape index (κ2) is 10.3. The summed E-state index contributed by atoms with van der Waals surface area (Å²) < 4.78 is 2.35. The molecule has 0 fully saturated rings. The average Bonchev–Trinajstić information content (AvgIpc) is 2.89. The summed E-state index contributed by atoms with van der Waals surface area (Å²) in [5, 5.41) is 1.25. The molecule has 0 bridgehead atoms. The minimum Gasteiger partial charge on any atom is -0.404 e. The zero-order valence-corrected chi connectivity index (χ0v) is 18.1. The molecule has 0 spiro atoms. The van der Waals surface area contributed by atoms with Gasteiger partial charge in [0, 0.05) is 34.8 Å². The number of allylic oxidation sites excluding steroid dienone is 2. The first-order chi connectivity index (χ1) is 13.5. The average molecular weight is 381 g/mol. The van der Waals surface area contributed by atoms with Crippen LogP contribution < -0.4 is 5.73 Å². The van der Waals surface area contributed by atoms with Crippen molar-refractivity contribution in [2.45, 2.75) is 79.2 Å². The van der Waals surface area contributed by atoms with Crippen molar-refractivity contribution < 1.29 is 4.79 Å². The number of aryl methyl sites for hydroxylation is 2. The predicted octanol–water partition coefficient (Wildman–Crippen LogP) is 6.64. The fraction of sp³-hybridized carbons (Fsp3) is 0.480. The first-order valence-corrected chi connectivity index (χ1v) is 10.8. The van der Waals surface area contributed by atoms with Crippen LogP contribution in [0, 0.1) is 0 Å². The number of rotatable bonds is 5. The Morgan fingerprint density at radius 3 is 2.50 bits per heavy atom. The van der Waals surface area contributed by atoms with Crippen molar-refractivity contribution >= 4 is 22.3 Å². The number of Topliss-reactive ketones (excluding diaryl/α,β-unsaturated/α-hetero) is 1. The fourth-order valence-electron chi connectivity index (χ4n) is 3.74. The summed E-state index contributed by atoms with van der Waals surface area (Å²) in [6, 6.07) is 6.09. The molecule has 0 radical (unpaired) electrons. The van der Waals surface area contributed by atoms with Gasteiger partial charge in [0.05, 0.1) is 5.69 Å². The van der Waals surface area contributed by atoms with Crippen LogP contribution in [0.3, 0.4) is 0 Å². The number of fused-ring (bicyclic) bond motifs is 3. The maximum atomic E-state index is 11.8. The quantitative estimate of drug-likeness (QED) is 0.591. The largest absolute Gasteiger partial charge is 0.404 e. The number of ketones is 1. The van der Waals surface area contributed by atoms with Crippen LogP contribution in [0.25, 0.3) is 16.5 Å². The highest BCUT2D eigenvalue weighted by molar-refractivity contribution is 6.00. The standard InChI is InChI=1S/C21H26N2O.C4H10/c1-4-5-8-18-17-10-9-16(15(3)24)12-20(17)23-11-6-7-14(2)19(13-22)21(18)23;1-3-4-2/h9-10,12-13H,2,4-8,11,22H2,1,3H3;3-4H2,1-2H3/b19-13+;. The lowest BCUT2D eigenvalue weighted by atomic mass is 9.95. The highest BCUT2D eigenvalue weighted by Crippen LogP contribution is 2.38. The Balaban J connectivity index is 0.000000640. The van der Waals surface area contributed by atoms with Gasteiger partial charge < -0.3 is 10.3 Å². The van der Waals surface area contributed by atoms with E-state index in [-0.39, 0.29) is 5.78 Å². The van der Waals surface area contributed by atoms with E-state index in [1.165, 1.54) is 29.5 Å². The van der Waals surface area contributed by atoms with Crippen molar-refractivity contribution in [2.75, 3.05) is 0 Å². The summed E-state index contributed by atoms with van der Waals surface area (Å²) in [4.78, 5) is 11.8. The molecule has 152 valence electrons. The summed E-state index contributed by atoms with van der Waals surface area (Å²) >= 11 is 0. The summed E-state index contributed by atoms with van der Waals surface area (Å²) in [7, 11) is 0. The Labute approximate surface area is 170 Å². The van der Waals surface area contributed by atoms with Gasteiger partial charge in [-0.25, -0.2) is 0 Å². The SMILES string of the molecule is C=C1CCCn2c(c(CCCC)c3ccc(C(C)=O)cc32)/C1=C/N.CCCC. The first-order valence-electron chi connectivity index (χ1n) is 10.8. The van der Waals surface area contributed by atoms with Crippen molar-refractivity contribution in [3.63, 3.8) is 0 Å². The number of hydrogen-bond acceptors (Lipinski definition) is 2. The van der Waals surface area contributed by atoms with Gasteiger partial charge >= 0.3 is 0 Å². The number of aromatic nitrogens is 1. The third-order valence-electron chi connectivity index (χ3n) is 5.52. The van der Waals surface area contributed by atoms with E-state index in [4.69, 9.17) is 5.73 Å². The van der Waals surface area contributed by atoms with Crippen LogP contribution in [0.2, 0.25) is 0 Å². The van der Waals surface area contributed by atoms with Crippen molar-refractivity contribution in [3.05, 3.63) is 53.4 Å². The smallest absolute Gasteiger partial charge is 0.159 e. The van der Waals surface area contributed by atoms with E-state index in [0.717, 1.165) is 60.9 Å². The van der Waals surface area contributed by atoms with E-state index in [9.17, 15) is 4.79 Å². The monoisotopic (exact) mass is 380 g/mol. The van der Waals surface area contributed by atoms with Crippen LogP contribution in [0.1, 0.15) is 87.8 Å². The van der Waals surface area contributed by atoms with Gasteiger partial charge in [0.15, 0.2) is 5.78 Å². The molecule has 0 amide bonds. The molecule has 0 saturated heterocycles. The van der Waals surface area contributed by atoms with Crippen LogP contribution in [0.4, 0.5) is 0 Å². The Kier molecular flexibility index (Phi) is 8.10. The van der Waals surface area contributed by atoms with E-state index >= 15 is 0 Å². The van der Waals surface area contributed by atoms with Crippen molar-refractivity contribution in [2.24, 2.45) is 5.73 Å². The number of hydrogen-bond donors (Lipinski definition) is 1. The van der Waals surface area contributed by atoms with E-state index in [1.54, 1.807) is 13.1 Å². The normalized spacial score (nSPS) is 15.1. The molecule has 28 heavy (non-hydrogen) atoms. The molecule has 1 aromatic carbocycles. The van der Waals surface area contributed by atoms with E-state index in [1.807, 2.05) is 12.1 Å². The highest BCUT2D eigenvalue weighted by atomic mass is 16.1. The van der Waals surface area contributed by atoms with E-state index in [2.05, 4.69) is 38.0 Å². The first kappa shape index (κ1) is 22.0. The second-order valence-electron chi connectivity index (χ2n) is 7.66. The Bertz CT molecular complexity index is 868. The number of nitrogens with two attached hydrogens (primary N) is 1. The second-order valence-corrected chi connectivity index (χ2v) is 7.66. The van der Waals surface area contributed by atoms with Crippen molar-refractivity contribution in [1.29, 1.82) is 0 Å². The number of nitrogens with zero attached hydrogens (tertiary/aromatic N) is 1. The van der Waals surface area contributed by atoms with E-state index in [0.29, 0.717) is 0 Å². The third kappa shape index (κ3) is 4.57. The zero-order valence-electron chi connectivity index (χ0n) is 18.1. The van der Waals surface area contributed by atoms with Crippen LogP contribution in [-0.2, 0) is 13.0 Å². The van der Waals surface area contributed by atoms with Crippen LogP contribution in [-0.4, -0.2) is 10.4 Å². The summed E-state index contributed by atoms with van der Waals surface area (Å²) in [6.07, 6.45) is 9.68. The molecular formula is C25H36N2O. The lowest BCUT2D eigenvalue weighted by molar-refractivity contribution is 0.101. The van der Waals surface area contributed by atoms with E-state index < -0.39 is 0 Å². The van der Waals surface area contributed by atoms with Gasteiger partial charge in [0.25, 0.3) is 0 Å². The van der Waals surface area contributed by atoms with Gasteiger partial charge in [-0.2, -0.15) is 0 Å². The molecule has 2 N–H and O–H groups in total. The molecule has 1 aliphatic heterocycles. The lowest BCUT2D eigenvalue weighted by Crippen LogP contribution is -2.03. The third-order valence-corrected chi connectivity index (χ3v) is 5.52. The molecule has 1 aromatic heterocycles. The molecule has 3 rings (SSSR count). The Hall–Kier alpha value is -2.29. The topological polar surface area (TPSA) is 48.0 Å². The number of carbonyl (C=O) groups is 1. The van der Waals surface area contributed by atoms with Crippen LogP contribution in [0.5, 0.6) is 0 Å². The maximum Gasteiger partial charge on any atom is 0.159 e.